The van der Waals surface area contributed by atoms with Crippen LogP contribution in [-0.4, -0.2) is 75.0 Å². The highest BCUT2D eigenvalue weighted by Gasteiger charge is 2.44. The van der Waals surface area contributed by atoms with Crippen molar-refractivity contribution in [3.63, 3.8) is 0 Å². The van der Waals surface area contributed by atoms with Crippen LogP contribution in [0.2, 0.25) is 0 Å². The second kappa shape index (κ2) is 3.89. The predicted octanol–water partition coefficient (Wildman–Crippen LogP) is -1.26. The molecule has 6 nitrogen and oxygen atoms in total. The van der Waals surface area contributed by atoms with Gasteiger partial charge in [-0.2, -0.15) is 0 Å². The smallest absolute Gasteiger partial charge is 0.319 e. The van der Waals surface area contributed by atoms with Crippen LogP contribution in [0.4, 0.5) is 4.79 Å². The molecule has 16 heavy (non-hydrogen) atoms. The van der Waals surface area contributed by atoms with Crippen molar-refractivity contribution in [2.45, 2.75) is 12.1 Å². The summed E-state index contributed by atoms with van der Waals surface area (Å²) in [6.45, 7) is 1.24. The average molecular weight is 247 g/mol. The number of hydrogen-bond acceptors (Lipinski definition) is 4. The number of nitrogens with one attached hydrogen (secondary N) is 1. The van der Waals surface area contributed by atoms with Gasteiger partial charge in [0.2, 0.25) is 0 Å². The Bertz CT molecular complexity index is 393. The highest BCUT2D eigenvalue weighted by atomic mass is 32.2. The van der Waals surface area contributed by atoms with E-state index in [4.69, 9.17) is 0 Å². The van der Waals surface area contributed by atoms with Gasteiger partial charge in [0.05, 0.1) is 17.5 Å². The molecule has 92 valence electrons. The van der Waals surface area contributed by atoms with Crippen LogP contribution in [0.1, 0.15) is 0 Å². The lowest BCUT2D eigenvalue weighted by molar-refractivity contribution is 0.130. The summed E-state index contributed by atoms with van der Waals surface area (Å²) in [4.78, 5) is 15.0. The molecule has 0 aromatic rings. The second-order valence-corrected chi connectivity index (χ2v) is 6.73. The van der Waals surface area contributed by atoms with Gasteiger partial charge in [-0.25, -0.2) is 13.2 Å². The highest BCUT2D eigenvalue weighted by molar-refractivity contribution is 7.91. The zero-order chi connectivity index (χ0) is 11.9. The van der Waals surface area contributed by atoms with E-state index in [2.05, 4.69) is 5.32 Å². The first-order valence-corrected chi connectivity index (χ1v) is 7.14. The summed E-state index contributed by atoms with van der Waals surface area (Å²) in [5, 5.41) is 3.17. The van der Waals surface area contributed by atoms with Crippen LogP contribution in [-0.2, 0) is 9.84 Å². The Labute approximate surface area is 95.5 Å². The van der Waals surface area contributed by atoms with Crippen LogP contribution < -0.4 is 5.32 Å². The van der Waals surface area contributed by atoms with Crippen molar-refractivity contribution >= 4 is 15.9 Å². The SMILES string of the molecule is CN(C)C(=O)N1CCN[C@H]2CS(=O)(=O)C[C@H]21. The number of carbonyl (C=O) groups is 1. The minimum Gasteiger partial charge on any atom is -0.331 e. The molecule has 0 aliphatic carbocycles. The van der Waals surface area contributed by atoms with Crippen LogP contribution >= 0.6 is 0 Å². The Kier molecular flexibility index (Phi) is 2.83. The topological polar surface area (TPSA) is 69.7 Å². The summed E-state index contributed by atoms with van der Waals surface area (Å²) in [5.74, 6) is 0.235. The Morgan fingerprint density at radius 2 is 2.06 bits per heavy atom. The molecule has 0 bridgehead atoms. The second-order valence-electron chi connectivity index (χ2n) is 4.58. The van der Waals surface area contributed by atoms with Crippen molar-refractivity contribution in [2.24, 2.45) is 0 Å². The highest BCUT2D eigenvalue weighted by Crippen LogP contribution is 2.21. The van der Waals surface area contributed by atoms with Crippen molar-refractivity contribution < 1.29 is 13.2 Å². The summed E-state index contributed by atoms with van der Waals surface area (Å²) < 4.78 is 23.1. The number of rotatable bonds is 0. The Hall–Kier alpha value is -0.820. The Morgan fingerprint density at radius 1 is 1.38 bits per heavy atom. The molecule has 2 amide bonds. The normalized spacial score (nSPS) is 32.2. The molecule has 0 radical (unpaired) electrons. The fourth-order valence-electron chi connectivity index (χ4n) is 2.36. The molecule has 2 heterocycles. The molecule has 0 unspecified atom stereocenters. The number of amides is 2. The van der Waals surface area contributed by atoms with Gasteiger partial charge in [0.1, 0.15) is 0 Å². The first-order chi connectivity index (χ1) is 7.41. The van der Waals surface area contributed by atoms with Crippen molar-refractivity contribution in [1.82, 2.24) is 15.1 Å². The fourth-order valence-corrected chi connectivity index (χ4v) is 4.32. The number of sulfone groups is 1. The van der Waals surface area contributed by atoms with Gasteiger partial charge in [-0.1, -0.05) is 0 Å². The van der Waals surface area contributed by atoms with Crippen molar-refractivity contribution in [3.05, 3.63) is 0 Å². The summed E-state index contributed by atoms with van der Waals surface area (Å²) in [6.07, 6.45) is 0. The third-order valence-electron chi connectivity index (χ3n) is 3.11. The van der Waals surface area contributed by atoms with E-state index in [9.17, 15) is 13.2 Å². The Balaban J connectivity index is 2.19. The van der Waals surface area contributed by atoms with E-state index in [1.807, 2.05) is 0 Å². The first kappa shape index (κ1) is 11.7. The number of nitrogens with zero attached hydrogens (tertiary/aromatic N) is 2. The van der Waals surface area contributed by atoms with E-state index in [1.54, 1.807) is 19.0 Å². The van der Waals surface area contributed by atoms with Crippen LogP contribution in [0.5, 0.6) is 0 Å². The third-order valence-corrected chi connectivity index (χ3v) is 4.83. The molecule has 2 aliphatic heterocycles. The molecule has 2 fully saturated rings. The fraction of sp³-hybridized carbons (Fsp3) is 0.889. The summed E-state index contributed by atoms with van der Waals surface area (Å²) in [7, 11) is 0.371. The van der Waals surface area contributed by atoms with Crippen LogP contribution in [0.25, 0.3) is 0 Å². The molecule has 2 rings (SSSR count). The number of hydrogen-bond donors (Lipinski definition) is 1. The maximum atomic E-state index is 11.9. The maximum absolute atomic E-state index is 11.9. The molecule has 0 aromatic carbocycles. The zero-order valence-corrected chi connectivity index (χ0v) is 10.3. The summed E-state index contributed by atoms with van der Waals surface area (Å²) in [6, 6.07) is -0.398. The maximum Gasteiger partial charge on any atom is 0.319 e. The number of fused-ring (bicyclic) bond motifs is 1. The molecular weight excluding hydrogens is 230 g/mol. The lowest BCUT2D eigenvalue weighted by Gasteiger charge is -2.38. The van der Waals surface area contributed by atoms with Gasteiger partial charge in [-0.05, 0) is 0 Å². The monoisotopic (exact) mass is 247 g/mol. The molecule has 2 saturated heterocycles. The minimum atomic E-state index is -3.00. The van der Waals surface area contributed by atoms with E-state index in [-0.39, 0.29) is 29.6 Å². The number of urea groups is 1. The van der Waals surface area contributed by atoms with E-state index >= 15 is 0 Å². The van der Waals surface area contributed by atoms with Crippen LogP contribution in [0.3, 0.4) is 0 Å². The predicted molar refractivity (Wildman–Crippen MR) is 60.0 cm³/mol. The zero-order valence-electron chi connectivity index (χ0n) is 9.51. The molecule has 0 saturated carbocycles. The summed E-state index contributed by atoms with van der Waals surface area (Å²) in [5.41, 5.74) is 0. The number of piperazine rings is 1. The quantitative estimate of drug-likeness (QED) is 0.580. The van der Waals surface area contributed by atoms with Gasteiger partial charge >= 0.3 is 6.03 Å². The van der Waals surface area contributed by atoms with Gasteiger partial charge in [0, 0.05) is 33.2 Å². The van der Waals surface area contributed by atoms with E-state index in [1.165, 1.54) is 4.90 Å². The Morgan fingerprint density at radius 3 is 2.69 bits per heavy atom. The van der Waals surface area contributed by atoms with Gasteiger partial charge < -0.3 is 15.1 Å². The van der Waals surface area contributed by atoms with E-state index < -0.39 is 9.84 Å². The largest absolute Gasteiger partial charge is 0.331 e. The molecule has 0 spiro atoms. The number of carbonyl (C=O) groups excluding carboxylic acids is 1. The van der Waals surface area contributed by atoms with Crippen molar-refractivity contribution in [1.29, 1.82) is 0 Å². The van der Waals surface area contributed by atoms with E-state index in [0.29, 0.717) is 13.1 Å². The molecular formula is C9H17N3O3S. The van der Waals surface area contributed by atoms with Gasteiger partial charge in [0.15, 0.2) is 9.84 Å². The molecule has 7 heteroatoms. The van der Waals surface area contributed by atoms with Gasteiger partial charge in [-0.15, -0.1) is 0 Å². The molecule has 0 aromatic heterocycles. The van der Waals surface area contributed by atoms with Gasteiger partial charge in [-0.3, -0.25) is 0 Å². The first-order valence-electron chi connectivity index (χ1n) is 5.32. The standard InChI is InChI=1S/C9H17N3O3S/c1-11(2)9(13)12-4-3-10-7-5-16(14,15)6-8(7)12/h7-8,10H,3-6H2,1-2H3/t7-,8+/m0/s1. The van der Waals surface area contributed by atoms with Crippen LogP contribution in [0, 0.1) is 0 Å². The summed E-state index contributed by atoms with van der Waals surface area (Å²) >= 11 is 0. The minimum absolute atomic E-state index is 0.0875. The van der Waals surface area contributed by atoms with Crippen LogP contribution in [0.15, 0.2) is 0 Å². The molecule has 1 N–H and O–H groups in total. The average Bonchev–Trinajstić information content (AvgIpc) is 2.49. The van der Waals surface area contributed by atoms with Gasteiger partial charge in [0.25, 0.3) is 0 Å². The molecule has 2 aliphatic rings. The van der Waals surface area contributed by atoms with Crippen molar-refractivity contribution in [2.75, 3.05) is 38.7 Å². The third kappa shape index (κ3) is 2.01. The van der Waals surface area contributed by atoms with E-state index in [0.717, 1.165) is 0 Å². The molecule has 2 atom stereocenters. The lowest BCUT2D eigenvalue weighted by Crippen LogP contribution is -2.60. The van der Waals surface area contributed by atoms with Crippen molar-refractivity contribution in [3.8, 4) is 0 Å². The lowest BCUT2D eigenvalue weighted by atomic mass is 10.1.